The Bertz CT molecular complexity index is 143. The molecule has 2 nitrogen and oxygen atoms in total. The summed E-state index contributed by atoms with van der Waals surface area (Å²) in [6.45, 7) is 2.14. The molecule has 12 heavy (non-hydrogen) atoms. The molecule has 0 aromatic heterocycles. The molecule has 1 saturated heterocycles. The van der Waals surface area contributed by atoms with Crippen LogP contribution in [0.4, 0.5) is 0 Å². The van der Waals surface area contributed by atoms with Gasteiger partial charge >= 0.3 is 0 Å². The SMILES string of the molecule is CNCC1CCCOC1C1CC1. The van der Waals surface area contributed by atoms with Gasteiger partial charge < -0.3 is 10.1 Å². The van der Waals surface area contributed by atoms with Crippen LogP contribution in [0.1, 0.15) is 25.7 Å². The van der Waals surface area contributed by atoms with E-state index < -0.39 is 0 Å². The minimum Gasteiger partial charge on any atom is -0.378 e. The Morgan fingerprint density at radius 3 is 2.83 bits per heavy atom. The van der Waals surface area contributed by atoms with Crippen molar-refractivity contribution >= 4 is 0 Å². The molecule has 70 valence electrons. The molecule has 2 atom stereocenters. The Balaban J connectivity index is 1.87. The van der Waals surface area contributed by atoms with Gasteiger partial charge in [0.05, 0.1) is 6.10 Å². The first-order valence-corrected chi connectivity index (χ1v) is 5.18. The van der Waals surface area contributed by atoms with E-state index in [-0.39, 0.29) is 0 Å². The van der Waals surface area contributed by atoms with E-state index in [4.69, 9.17) is 4.74 Å². The molecule has 1 saturated carbocycles. The Hall–Kier alpha value is -0.0800. The van der Waals surface area contributed by atoms with E-state index >= 15 is 0 Å². The van der Waals surface area contributed by atoms with Crippen molar-refractivity contribution in [3.05, 3.63) is 0 Å². The molecule has 1 heterocycles. The van der Waals surface area contributed by atoms with Crippen LogP contribution in [0.5, 0.6) is 0 Å². The lowest BCUT2D eigenvalue weighted by atomic mass is 9.91. The largest absolute Gasteiger partial charge is 0.378 e. The molecule has 0 bridgehead atoms. The van der Waals surface area contributed by atoms with Crippen LogP contribution >= 0.6 is 0 Å². The van der Waals surface area contributed by atoms with E-state index in [2.05, 4.69) is 5.32 Å². The van der Waals surface area contributed by atoms with Crippen molar-refractivity contribution in [2.24, 2.45) is 11.8 Å². The third-order valence-electron chi connectivity index (χ3n) is 3.05. The standard InChI is InChI=1S/C10H19NO/c1-11-7-9-3-2-6-12-10(9)8-4-5-8/h8-11H,2-7H2,1H3. The van der Waals surface area contributed by atoms with E-state index in [9.17, 15) is 0 Å². The Kier molecular flexibility index (Phi) is 2.66. The topological polar surface area (TPSA) is 21.3 Å². The van der Waals surface area contributed by atoms with Crippen molar-refractivity contribution in [2.75, 3.05) is 20.2 Å². The Morgan fingerprint density at radius 2 is 2.17 bits per heavy atom. The van der Waals surface area contributed by atoms with Crippen LogP contribution in [0, 0.1) is 11.8 Å². The molecule has 2 unspecified atom stereocenters. The second kappa shape index (κ2) is 3.75. The fourth-order valence-corrected chi connectivity index (χ4v) is 2.29. The zero-order valence-electron chi connectivity index (χ0n) is 7.88. The number of hydrogen-bond donors (Lipinski definition) is 1. The summed E-state index contributed by atoms with van der Waals surface area (Å²) in [5, 5.41) is 3.27. The first kappa shape index (κ1) is 8.52. The monoisotopic (exact) mass is 169 g/mol. The minimum atomic E-state index is 0.589. The highest BCUT2D eigenvalue weighted by molar-refractivity contribution is 4.89. The van der Waals surface area contributed by atoms with Gasteiger partial charge in [-0.25, -0.2) is 0 Å². The second-order valence-electron chi connectivity index (χ2n) is 4.13. The highest BCUT2D eigenvalue weighted by atomic mass is 16.5. The number of ether oxygens (including phenoxy) is 1. The van der Waals surface area contributed by atoms with Crippen molar-refractivity contribution in [2.45, 2.75) is 31.8 Å². The van der Waals surface area contributed by atoms with Crippen LogP contribution < -0.4 is 5.32 Å². The first-order valence-electron chi connectivity index (χ1n) is 5.18. The maximum Gasteiger partial charge on any atom is 0.0643 e. The maximum absolute atomic E-state index is 5.83. The molecule has 1 aliphatic carbocycles. The van der Waals surface area contributed by atoms with E-state index in [0.29, 0.717) is 6.10 Å². The summed E-state index contributed by atoms with van der Waals surface area (Å²) in [6, 6.07) is 0. The molecule has 0 aromatic carbocycles. The summed E-state index contributed by atoms with van der Waals surface area (Å²) in [5.41, 5.74) is 0. The van der Waals surface area contributed by atoms with Gasteiger partial charge in [-0.1, -0.05) is 0 Å². The van der Waals surface area contributed by atoms with E-state index in [0.717, 1.165) is 25.0 Å². The van der Waals surface area contributed by atoms with Crippen LogP contribution in [-0.2, 0) is 4.74 Å². The van der Waals surface area contributed by atoms with E-state index in [1.807, 2.05) is 7.05 Å². The van der Waals surface area contributed by atoms with Crippen LogP contribution in [0.25, 0.3) is 0 Å². The average molecular weight is 169 g/mol. The molecular weight excluding hydrogens is 150 g/mol. The zero-order valence-corrected chi connectivity index (χ0v) is 7.88. The second-order valence-corrected chi connectivity index (χ2v) is 4.13. The average Bonchev–Trinajstić information content (AvgIpc) is 2.89. The van der Waals surface area contributed by atoms with Crippen LogP contribution in [0.15, 0.2) is 0 Å². The molecule has 1 N–H and O–H groups in total. The third kappa shape index (κ3) is 1.80. The van der Waals surface area contributed by atoms with Gasteiger partial charge in [0.2, 0.25) is 0 Å². The predicted molar refractivity (Wildman–Crippen MR) is 49.1 cm³/mol. The Labute approximate surface area is 74.7 Å². The lowest BCUT2D eigenvalue weighted by molar-refractivity contribution is -0.0380. The molecule has 2 heteroatoms. The molecule has 0 spiro atoms. The van der Waals surface area contributed by atoms with Crippen LogP contribution in [0.2, 0.25) is 0 Å². The summed E-state index contributed by atoms with van der Waals surface area (Å²) >= 11 is 0. The Morgan fingerprint density at radius 1 is 1.33 bits per heavy atom. The molecule has 0 amide bonds. The summed E-state index contributed by atoms with van der Waals surface area (Å²) in [5.74, 6) is 1.69. The van der Waals surface area contributed by atoms with E-state index in [1.54, 1.807) is 0 Å². The molecule has 0 aromatic rings. The fourth-order valence-electron chi connectivity index (χ4n) is 2.29. The molecule has 0 radical (unpaired) electrons. The summed E-state index contributed by atoms with van der Waals surface area (Å²) < 4.78 is 5.83. The molecule has 2 aliphatic rings. The third-order valence-corrected chi connectivity index (χ3v) is 3.05. The molecule has 1 aliphatic heterocycles. The zero-order chi connectivity index (χ0) is 8.39. The highest BCUT2D eigenvalue weighted by Crippen LogP contribution is 2.40. The number of hydrogen-bond acceptors (Lipinski definition) is 2. The van der Waals surface area contributed by atoms with Gasteiger partial charge in [0.1, 0.15) is 0 Å². The smallest absolute Gasteiger partial charge is 0.0643 e. The van der Waals surface area contributed by atoms with Crippen molar-refractivity contribution in [3.63, 3.8) is 0 Å². The van der Waals surface area contributed by atoms with Gasteiger partial charge in [0.15, 0.2) is 0 Å². The fraction of sp³-hybridized carbons (Fsp3) is 1.00. The van der Waals surface area contributed by atoms with Crippen LogP contribution in [0.3, 0.4) is 0 Å². The normalized spacial score (nSPS) is 36.8. The number of nitrogens with one attached hydrogen (secondary N) is 1. The minimum absolute atomic E-state index is 0.589. The lowest BCUT2D eigenvalue weighted by Crippen LogP contribution is -2.37. The molecular formula is C10H19NO. The van der Waals surface area contributed by atoms with Crippen molar-refractivity contribution < 1.29 is 4.74 Å². The van der Waals surface area contributed by atoms with Gasteiger partial charge in [0.25, 0.3) is 0 Å². The van der Waals surface area contributed by atoms with Crippen molar-refractivity contribution in [1.29, 1.82) is 0 Å². The van der Waals surface area contributed by atoms with Crippen molar-refractivity contribution in [1.82, 2.24) is 5.32 Å². The highest BCUT2D eigenvalue weighted by Gasteiger charge is 2.38. The van der Waals surface area contributed by atoms with Gasteiger partial charge in [0, 0.05) is 13.2 Å². The quantitative estimate of drug-likeness (QED) is 0.689. The number of rotatable bonds is 3. The van der Waals surface area contributed by atoms with Crippen LogP contribution in [-0.4, -0.2) is 26.3 Å². The van der Waals surface area contributed by atoms with E-state index in [1.165, 1.54) is 25.7 Å². The predicted octanol–water partition coefficient (Wildman–Crippen LogP) is 1.41. The summed E-state index contributed by atoms with van der Waals surface area (Å²) in [4.78, 5) is 0. The summed E-state index contributed by atoms with van der Waals surface area (Å²) in [7, 11) is 2.04. The first-order chi connectivity index (χ1) is 5.92. The van der Waals surface area contributed by atoms with Gasteiger partial charge in [-0.05, 0) is 44.6 Å². The van der Waals surface area contributed by atoms with Crippen molar-refractivity contribution in [3.8, 4) is 0 Å². The van der Waals surface area contributed by atoms with Gasteiger partial charge in [-0.15, -0.1) is 0 Å². The molecule has 2 fully saturated rings. The van der Waals surface area contributed by atoms with Gasteiger partial charge in [-0.2, -0.15) is 0 Å². The lowest BCUT2D eigenvalue weighted by Gasteiger charge is -2.31. The summed E-state index contributed by atoms with van der Waals surface area (Å²) in [6.07, 6.45) is 6.03. The van der Waals surface area contributed by atoms with Gasteiger partial charge in [-0.3, -0.25) is 0 Å². The maximum atomic E-state index is 5.83. The molecule has 2 rings (SSSR count).